The van der Waals surface area contributed by atoms with Crippen LogP contribution in [0.25, 0.3) is 0 Å². The smallest absolute Gasteiger partial charge is 0.320 e. The minimum absolute atomic E-state index is 0. The van der Waals surface area contributed by atoms with Gasteiger partial charge < -0.3 is 5.73 Å². The van der Waals surface area contributed by atoms with Gasteiger partial charge >= 0.3 is 12.4 Å². The van der Waals surface area contributed by atoms with E-state index >= 15 is 0 Å². The van der Waals surface area contributed by atoms with Crippen LogP contribution in [0.2, 0.25) is 0 Å². The molecule has 0 aliphatic heterocycles. The molecule has 0 bridgehead atoms. The van der Waals surface area contributed by atoms with E-state index in [0.29, 0.717) is 0 Å². The fraction of sp³-hybridized carbons (Fsp3) is 0.214. The highest BCUT2D eigenvalue weighted by Gasteiger charge is 2.35. The van der Waals surface area contributed by atoms with Crippen LogP contribution in [0, 0.1) is 0 Å². The molecule has 1 atom stereocenters. The number of nitrogens with zero attached hydrogens (tertiary/aromatic N) is 1. The first kappa shape index (κ1) is 19.2. The molecule has 2 N–H and O–H groups in total. The molecule has 0 aliphatic rings. The summed E-state index contributed by atoms with van der Waals surface area (Å²) in [6.45, 7) is 0. The van der Waals surface area contributed by atoms with Crippen LogP contribution in [0.4, 0.5) is 26.3 Å². The zero-order chi connectivity index (χ0) is 16.5. The number of hydrogen-bond donors (Lipinski definition) is 1. The molecule has 0 amide bonds. The number of aromatic nitrogens is 1. The van der Waals surface area contributed by atoms with E-state index in [-0.39, 0.29) is 23.5 Å². The van der Waals surface area contributed by atoms with Crippen LogP contribution in [-0.4, -0.2) is 4.98 Å². The Balaban J connectivity index is 0.00000264. The second-order valence-electron chi connectivity index (χ2n) is 4.56. The van der Waals surface area contributed by atoms with Crippen molar-refractivity contribution in [2.45, 2.75) is 18.4 Å². The maximum absolute atomic E-state index is 12.9. The molecule has 1 aromatic carbocycles. The summed E-state index contributed by atoms with van der Waals surface area (Å²) in [5, 5.41) is 0. The van der Waals surface area contributed by atoms with E-state index in [1.807, 2.05) is 0 Å². The number of alkyl halides is 6. The summed E-state index contributed by atoms with van der Waals surface area (Å²) in [4.78, 5) is 3.60. The van der Waals surface area contributed by atoms with Crippen molar-refractivity contribution in [1.82, 2.24) is 4.98 Å². The summed E-state index contributed by atoms with van der Waals surface area (Å²) in [6, 6.07) is 3.21. The van der Waals surface area contributed by atoms with E-state index in [9.17, 15) is 26.3 Å². The standard InChI is InChI=1S/C14H10F6N2.ClH/c15-13(16,17)9-3-1-8(2-4-9)12(21)10-7-22-6-5-11(10)14(18,19)20;/h1-7,12H,21H2;1H. The number of nitrogens with two attached hydrogens (primary N) is 1. The third-order valence-electron chi connectivity index (χ3n) is 3.09. The summed E-state index contributed by atoms with van der Waals surface area (Å²) >= 11 is 0. The first-order valence-electron chi connectivity index (χ1n) is 6.04. The van der Waals surface area contributed by atoms with Gasteiger partial charge in [0.1, 0.15) is 0 Å². The molecular formula is C14H11ClF6N2. The molecule has 0 fully saturated rings. The predicted octanol–water partition coefficient (Wildman–Crippen LogP) is 4.59. The molecule has 1 aromatic heterocycles. The van der Waals surface area contributed by atoms with E-state index in [2.05, 4.69) is 4.98 Å². The van der Waals surface area contributed by atoms with Crippen LogP contribution in [0.15, 0.2) is 42.7 Å². The average molecular weight is 357 g/mol. The Labute approximate surface area is 133 Å². The van der Waals surface area contributed by atoms with Crippen LogP contribution < -0.4 is 5.73 Å². The van der Waals surface area contributed by atoms with Crippen molar-refractivity contribution in [3.63, 3.8) is 0 Å². The van der Waals surface area contributed by atoms with Crippen molar-refractivity contribution in [1.29, 1.82) is 0 Å². The number of halogens is 7. The van der Waals surface area contributed by atoms with E-state index < -0.39 is 29.5 Å². The highest BCUT2D eigenvalue weighted by molar-refractivity contribution is 5.85. The Morgan fingerprint density at radius 2 is 1.43 bits per heavy atom. The van der Waals surface area contributed by atoms with Crippen molar-refractivity contribution < 1.29 is 26.3 Å². The SMILES string of the molecule is Cl.NC(c1ccc(C(F)(F)F)cc1)c1cnccc1C(F)(F)F. The molecule has 1 unspecified atom stereocenters. The van der Waals surface area contributed by atoms with E-state index in [1.54, 1.807) is 0 Å². The number of hydrogen-bond acceptors (Lipinski definition) is 2. The van der Waals surface area contributed by atoms with Crippen LogP contribution in [-0.2, 0) is 12.4 Å². The molecular weight excluding hydrogens is 346 g/mol. The molecule has 0 aliphatic carbocycles. The Kier molecular flexibility index (Phi) is 5.65. The highest BCUT2D eigenvalue weighted by Crippen LogP contribution is 2.36. The second-order valence-corrected chi connectivity index (χ2v) is 4.56. The largest absolute Gasteiger partial charge is 0.416 e. The maximum atomic E-state index is 12.9. The van der Waals surface area contributed by atoms with E-state index in [4.69, 9.17) is 5.73 Å². The van der Waals surface area contributed by atoms with Gasteiger partial charge in [0.25, 0.3) is 0 Å². The lowest BCUT2D eigenvalue weighted by molar-refractivity contribution is -0.138. The van der Waals surface area contributed by atoms with Crippen molar-refractivity contribution in [2.75, 3.05) is 0 Å². The molecule has 126 valence electrons. The van der Waals surface area contributed by atoms with Gasteiger partial charge in [0, 0.05) is 18.0 Å². The van der Waals surface area contributed by atoms with Gasteiger partial charge in [0.15, 0.2) is 0 Å². The van der Waals surface area contributed by atoms with Crippen LogP contribution in [0.5, 0.6) is 0 Å². The summed E-state index contributed by atoms with van der Waals surface area (Å²) in [6.07, 6.45) is -7.20. The quantitative estimate of drug-likeness (QED) is 0.799. The Hall–Kier alpha value is -1.80. The number of rotatable bonds is 2. The molecule has 0 saturated carbocycles. The lowest BCUT2D eigenvalue weighted by atomic mass is 9.96. The number of benzene rings is 1. The molecule has 2 rings (SSSR count). The van der Waals surface area contributed by atoms with Gasteiger partial charge in [0.05, 0.1) is 17.2 Å². The van der Waals surface area contributed by atoms with Gasteiger partial charge in [-0.15, -0.1) is 12.4 Å². The van der Waals surface area contributed by atoms with Crippen LogP contribution in [0.1, 0.15) is 28.3 Å². The third kappa shape index (κ3) is 4.35. The molecule has 0 spiro atoms. The average Bonchev–Trinajstić information content (AvgIpc) is 2.45. The van der Waals surface area contributed by atoms with Crippen molar-refractivity contribution in [3.8, 4) is 0 Å². The lowest BCUT2D eigenvalue weighted by Crippen LogP contribution is -2.19. The minimum atomic E-state index is -4.62. The first-order chi connectivity index (χ1) is 10.1. The molecule has 0 radical (unpaired) electrons. The number of pyridine rings is 1. The van der Waals surface area contributed by atoms with Crippen molar-refractivity contribution in [3.05, 3.63) is 65.0 Å². The lowest BCUT2D eigenvalue weighted by Gasteiger charge is -2.18. The van der Waals surface area contributed by atoms with Gasteiger partial charge in [-0.1, -0.05) is 12.1 Å². The maximum Gasteiger partial charge on any atom is 0.416 e. The fourth-order valence-corrected chi connectivity index (χ4v) is 1.97. The topological polar surface area (TPSA) is 38.9 Å². The molecule has 0 saturated heterocycles. The van der Waals surface area contributed by atoms with E-state index in [0.717, 1.165) is 42.7 Å². The molecule has 9 heteroatoms. The second kappa shape index (κ2) is 6.76. The Morgan fingerprint density at radius 1 is 0.870 bits per heavy atom. The summed E-state index contributed by atoms with van der Waals surface area (Å²) < 4.78 is 76.2. The summed E-state index contributed by atoms with van der Waals surface area (Å²) in [5.41, 5.74) is 3.73. The Bertz CT molecular complexity index is 652. The molecule has 23 heavy (non-hydrogen) atoms. The third-order valence-corrected chi connectivity index (χ3v) is 3.09. The first-order valence-corrected chi connectivity index (χ1v) is 6.04. The van der Waals surface area contributed by atoms with Gasteiger partial charge in [-0.2, -0.15) is 26.3 Å². The van der Waals surface area contributed by atoms with Gasteiger partial charge in [0.2, 0.25) is 0 Å². The minimum Gasteiger partial charge on any atom is -0.320 e. The van der Waals surface area contributed by atoms with Crippen LogP contribution >= 0.6 is 12.4 Å². The van der Waals surface area contributed by atoms with Gasteiger partial charge in [-0.05, 0) is 23.8 Å². The van der Waals surface area contributed by atoms with Gasteiger partial charge in [-0.3, -0.25) is 4.98 Å². The van der Waals surface area contributed by atoms with E-state index in [1.165, 1.54) is 0 Å². The summed E-state index contributed by atoms with van der Waals surface area (Å²) in [5.74, 6) is 0. The molecule has 2 nitrogen and oxygen atoms in total. The predicted molar refractivity (Wildman–Crippen MR) is 74.0 cm³/mol. The van der Waals surface area contributed by atoms with Crippen molar-refractivity contribution >= 4 is 12.4 Å². The van der Waals surface area contributed by atoms with Gasteiger partial charge in [-0.25, -0.2) is 0 Å². The summed E-state index contributed by atoms with van der Waals surface area (Å²) in [7, 11) is 0. The monoisotopic (exact) mass is 356 g/mol. The Morgan fingerprint density at radius 3 is 1.91 bits per heavy atom. The normalized spacial score (nSPS) is 13.3. The zero-order valence-electron chi connectivity index (χ0n) is 11.3. The van der Waals surface area contributed by atoms with Crippen LogP contribution in [0.3, 0.4) is 0 Å². The highest BCUT2D eigenvalue weighted by atomic mass is 35.5. The molecule has 2 aromatic rings. The molecule has 1 heterocycles. The van der Waals surface area contributed by atoms with Crippen molar-refractivity contribution in [2.24, 2.45) is 5.73 Å². The zero-order valence-corrected chi connectivity index (χ0v) is 12.1. The fourth-order valence-electron chi connectivity index (χ4n) is 1.97.